The number of hydrogen-bond acceptors (Lipinski definition) is 0. The number of rotatable bonds is 2. The van der Waals surface area contributed by atoms with Crippen molar-refractivity contribution in [3.63, 3.8) is 0 Å². The number of fused-ring (bicyclic) bond motifs is 1. The van der Waals surface area contributed by atoms with Crippen LogP contribution < -0.4 is 0 Å². The molecule has 3 heteroatoms. The summed E-state index contributed by atoms with van der Waals surface area (Å²) >= 11 is 0. The lowest BCUT2D eigenvalue weighted by atomic mass is 9.81. The highest BCUT2D eigenvalue weighted by molar-refractivity contribution is 5.83. The smallest absolute Gasteiger partial charge is 0.150 e. The number of hydrogen-bond donors (Lipinski definition) is 1. The molecule has 84 valence electrons. The van der Waals surface area contributed by atoms with Gasteiger partial charge in [-0.2, -0.15) is 0 Å². The lowest BCUT2D eigenvalue weighted by Crippen LogP contribution is -2.13. The van der Waals surface area contributed by atoms with E-state index in [9.17, 15) is 8.78 Å². The molecule has 1 fully saturated rings. The van der Waals surface area contributed by atoms with E-state index in [0.29, 0.717) is 16.8 Å². The number of halogens is 2. The minimum atomic E-state index is -0.505. The number of H-pyrrole nitrogens is 1. The number of aromatic amines is 1. The zero-order valence-corrected chi connectivity index (χ0v) is 8.89. The van der Waals surface area contributed by atoms with Gasteiger partial charge in [0.05, 0.1) is 5.52 Å². The van der Waals surface area contributed by atoms with Gasteiger partial charge in [0.25, 0.3) is 0 Å². The van der Waals surface area contributed by atoms with E-state index in [-0.39, 0.29) is 0 Å². The average Bonchev–Trinajstić information content (AvgIpc) is 2.55. The first kappa shape index (κ1) is 9.82. The predicted molar refractivity (Wildman–Crippen MR) is 59.3 cm³/mol. The summed E-state index contributed by atoms with van der Waals surface area (Å²) in [7, 11) is 0. The largest absolute Gasteiger partial charge is 0.359 e. The van der Waals surface area contributed by atoms with E-state index >= 15 is 0 Å². The molecule has 2 aromatic rings. The first-order chi connectivity index (χ1) is 7.74. The summed E-state index contributed by atoms with van der Waals surface area (Å²) in [6.07, 6.45) is 6.51. The number of benzene rings is 1. The van der Waals surface area contributed by atoms with E-state index in [1.54, 1.807) is 0 Å². The highest BCUT2D eigenvalue weighted by Gasteiger charge is 2.20. The molecular formula is C13H13F2N. The average molecular weight is 221 g/mol. The molecule has 1 aliphatic carbocycles. The molecule has 0 atom stereocenters. The Morgan fingerprint density at radius 1 is 1.25 bits per heavy atom. The fourth-order valence-electron chi connectivity index (χ4n) is 2.39. The van der Waals surface area contributed by atoms with Crippen LogP contribution in [0, 0.1) is 17.6 Å². The quantitative estimate of drug-likeness (QED) is 0.794. The molecule has 0 spiro atoms. The Hall–Kier alpha value is -1.38. The van der Waals surface area contributed by atoms with Crippen LogP contribution in [0.1, 0.15) is 24.8 Å². The van der Waals surface area contributed by atoms with Crippen LogP contribution in [-0.2, 0) is 6.42 Å². The molecule has 1 aromatic carbocycles. The maximum Gasteiger partial charge on any atom is 0.150 e. The normalized spacial score (nSPS) is 16.6. The minimum Gasteiger partial charge on any atom is -0.359 e. The van der Waals surface area contributed by atoms with Crippen molar-refractivity contribution in [1.82, 2.24) is 4.98 Å². The Morgan fingerprint density at radius 2 is 2.06 bits per heavy atom. The topological polar surface area (TPSA) is 15.8 Å². The Morgan fingerprint density at radius 3 is 2.75 bits per heavy atom. The van der Waals surface area contributed by atoms with Gasteiger partial charge < -0.3 is 4.98 Å². The lowest BCUT2D eigenvalue weighted by molar-refractivity contribution is 0.315. The van der Waals surface area contributed by atoms with Gasteiger partial charge in [-0.1, -0.05) is 19.3 Å². The molecule has 1 aliphatic rings. The van der Waals surface area contributed by atoms with Crippen LogP contribution in [0.2, 0.25) is 0 Å². The van der Waals surface area contributed by atoms with Crippen molar-refractivity contribution in [2.24, 2.45) is 5.92 Å². The molecule has 1 N–H and O–H groups in total. The van der Waals surface area contributed by atoms with Gasteiger partial charge in [0.2, 0.25) is 0 Å². The molecule has 3 rings (SSSR count). The third kappa shape index (κ3) is 1.51. The minimum absolute atomic E-state index is 0.427. The highest BCUT2D eigenvalue weighted by Crippen LogP contribution is 2.32. The molecule has 1 aromatic heterocycles. The van der Waals surface area contributed by atoms with Gasteiger partial charge in [-0.25, -0.2) is 8.78 Å². The highest BCUT2D eigenvalue weighted by atomic mass is 19.1. The van der Waals surface area contributed by atoms with Crippen LogP contribution in [-0.4, -0.2) is 4.98 Å². The van der Waals surface area contributed by atoms with Crippen molar-refractivity contribution >= 4 is 10.9 Å². The zero-order chi connectivity index (χ0) is 11.1. The number of aromatic nitrogens is 1. The maximum atomic E-state index is 13.4. The van der Waals surface area contributed by atoms with Gasteiger partial charge in [-0.3, -0.25) is 0 Å². The Labute approximate surface area is 92.5 Å². The van der Waals surface area contributed by atoms with E-state index in [2.05, 4.69) is 4.98 Å². The second kappa shape index (κ2) is 3.58. The molecule has 0 radical (unpaired) electrons. The Balaban J connectivity index is 2.04. The molecule has 0 amide bonds. The summed E-state index contributed by atoms with van der Waals surface area (Å²) in [4.78, 5) is 2.90. The fourth-order valence-corrected chi connectivity index (χ4v) is 2.39. The van der Waals surface area contributed by atoms with Crippen LogP contribution in [0.25, 0.3) is 10.9 Å². The second-order valence-corrected chi connectivity index (χ2v) is 4.63. The summed E-state index contributed by atoms with van der Waals surface area (Å²) in [5.41, 5.74) is 1.47. The van der Waals surface area contributed by atoms with E-state index in [1.165, 1.54) is 25.3 Å². The van der Waals surface area contributed by atoms with Crippen molar-refractivity contribution in [2.75, 3.05) is 0 Å². The zero-order valence-electron chi connectivity index (χ0n) is 8.89. The predicted octanol–water partition coefficient (Wildman–Crippen LogP) is 3.79. The molecule has 1 heterocycles. The molecular weight excluding hydrogens is 208 g/mol. The maximum absolute atomic E-state index is 13.4. The monoisotopic (exact) mass is 221 g/mol. The summed E-state index contributed by atoms with van der Waals surface area (Å²) in [5.74, 6) is -0.306. The van der Waals surface area contributed by atoms with Crippen LogP contribution in [0.5, 0.6) is 0 Å². The van der Waals surface area contributed by atoms with E-state index in [1.807, 2.05) is 6.20 Å². The summed E-state index contributed by atoms with van der Waals surface area (Å²) in [6.45, 7) is 0. The SMILES string of the molecule is Fc1cc(F)c2[nH]cc(CC3CCC3)c2c1. The van der Waals surface area contributed by atoms with Crippen LogP contribution in [0.3, 0.4) is 0 Å². The van der Waals surface area contributed by atoms with Crippen LogP contribution in [0.4, 0.5) is 8.78 Å². The van der Waals surface area contributed by atoms with Gasteiger partial charge in [0, 0.05) is 17.6 Å². The molecule has 0 unspecified atom stereocenters. The third-order valence-corrected chi connectivity index (χ3v) is 3.53. The van der Waals surface area contributed by atoms with Gasteiger partial charge in [0.1, 0.15) is 11.6 Å². The Bertz CT molecular complexity index is 526. The van der Waals surface area contributed by atoms with Gasteiger partial charge in [-0.15, -0.1) is 0 Å². The summed E-state index contributed by atoms with van der Waals surface area (Å²) in [6, 6.07) is 2.34. The molecule has 16 heavy (non-hydrogen) atoms. The second-order valence-electron chi connectivity index (χ2n) is 4.63. The van der Waals surface area contributed by atoms with Gasteiger partial charge in [-0.05, 0) is 24.0 Å². The first-order valence-electron chi connectivity index (χ1n) is 5.69. The van der Waals surface area contributed by atoms with E-state index in [0.717, 1.165) is 18.1 Å². The van der Waals surface area contributed by atoms with Gasteiger partial charge >= 0.3 is 0 Å². The van der Waals surface area contributed by atoms with Crippen molar-refractivity contribution in [3.8, 4) is 0 Å². The van der Waals surface area contributed by atoms with Crippen LogP contribution in [0.15, 0.2) is 18.3 Å². The van der Waals surface area contributed by atoms with Gasteiger partial charge in [0.15, 0.2) is 0 Å². The standard InChI is InChI=1S/C13H13F2N/c14-10-5-11-9(4-8-2-1-3-8)7-16-13(11)12(15)6-10/h5-8,16H,1-4H2. The third-order valence-electron chi connectivity index (χ3n) is 3.53. The first-order valence-corrected chi connectivity index (χ1v) is 5.69. The Kier molecular flexibility index (Phi) is 2.20. The van der Waals surface area contributed by atoms with E-state index < -0.39 is 11.6 Å². The number of nitrogens with one attached hydrogen (secondary N) is 1. The van der Waals surface area contributed by atoms with Crippen molar-refractivity contribution in [2.45, 2.75) is 25.7 Å². The summed E-state index contributed by atoms with van der Waals surface area (Å²) in [5, 5.41) is 0.699. The van der Waals surface area contributed by atoms with Crippen LogP contribution >= 0.6 is 0 Å². The molecule has 1 nitrogen and oxygen atoms in total. The van der Waals surface area contributed by atoms with Crippen molar-refractivity contribution in [3.05, 3.63) is 35.5 Å². The molecule has 1 saturated carbocycles. The van der Waals surface area contributed by atoms with Crippen molar-refractivity contribution in [1.29, 1.82) is 0 Å². The molecule has 0 bridgehead atoms. The fraction of sp³-hybridized carbons (Fsp3) is 0.385. The lowest BCUT2D eigenvalue weighted by Gasteiger charge is -2.24. The molecule has 0 saturated heterocycles. The summed E-state index contributed by atoms with van der Waals surface area (Å²) < 4.78 is 26.6. The van der Waals surface area contributed by atoms with Crippen molar-refractivity contribution < 1.29 is 8.78 Å². The van der Waals surface area contributed by atoms with E-state index in [4.69, 9.17) is 0 Å². The molecule has 0 aliphatic heterocycles.